The third-order valence-corrected chi connectivity index (χ3v) is 5.00. The average Bonchev–Trinajstić information content (AvgIpc) is 3.01. The van der Waals surface area contributed by atoms with Gasteiger partial charge in [-0.3, -0.25) is 4.99 Å². The number of amides is 1. The maximum Gasteiger partial charge on any atom is 0.409 e. The van der Waals surface area contributed by atoms with Gasteiger partial charge in [0.15, 0.2) is 5.96 Å². The molecule has 0 bridgehead atoms. The van der Waals surface area contributed by atoms with E-state index in [4.69, 9.17) is 9.15 Å². The lowest BCUT2D eigenvalue weighted by molar-refractivity contribution is 0.0963. The number of nitrogens with one attached hydrogen (secondary N) is 2. The molecule has 0 unspecified atom stereocenters. The van der Waals surface area contributed by atoms with E-state index in [0.717, 1.165) is 29.6 Å². The Morgan fingerprint density at radius 1 is 1.38 bits per heavy atom. The van der Waals surface area contributed by atoms with Crippen LogP contribution in [0.2, 0.25) is 0 Å². The van der Waals surface area contributed by atoms with Crippen LogP contribution in [0.15, 0.2) is 27.6 Å². The molecule has 1 fully saturated rings. The lowest BCUT2D eigenvalue weighted by Gasteiger charge is -2.32. The molecule has 2 N–H and O–H groups in total. The van der Waals surface area contributed by atoms with Crippen LogP contribution >= 0.6 is 24.0 Å². The Kier molecular flexibility index (Phi) is 8.54. The van der Waals surface area contributed by atoms with Crippen molar-refractivity contribution < 1.29 is 18.3 Å². The monoisotopic (exact) mass is 518 g/mol. The highest BCUT2D eigenvalue weighted by atomic mass is 127. The van der Waals surface area contributed by atoms with Crippen molar-refractivity contribution in [2.75, 3.05) is 26.7 Å². The van der Waals surface area contributed by atoms with Crippen molar-refractivity contribution in [3.63, 3.8) is 0 Å². The zero-order chi connectivity index (χ0) is 20.1. The van der Waals surface area contributed by atoms with Gasteiger partial charge in [-0.2, -0.15) is 0 Å². The molecule has 9 heteroatoms. The largest absolute Gasteiger partial charge is 0.459 e. The number of piperidine rings is 1. The molecular formula is C20H28FIN4O3. The van der Waals surface area contributed by atoms with E-state index in [1.54, 1.807) is 18.0 Å². The molecule has 1 amide bonds. The number of hydrogen-bond acceptors (Lipinski definition) is 4. The molecule has 0 aliphatic carbocycles. The number of aryl methyl sites for hydroxylation is 1. The van der Waals surface area contributed by atoms with Crippen molar-refractivity contribution in [2.24, 2.45) is 4.99 Å². The van der Waals surface area contributed by atoms with Crippen molar-refractivity contribution in [1.29, 1.82) is 0 Å². The number of aliphatic imine (C=N–C) groups is 1. The molecule has 1 aliphatic rings. The Balaban J connectivity index is 0.00000300. The zero-order valence-electron chi connectivity index (χ0n) is 17.0. The lowest BCUT2D eigenvalue weighted by atomic mass is 10.1. The first kappa shape index (κ1) is 23.2. The number of likely N-dealkylation sites (tertiary alicyclic amines) is 1. The van der Waals surface area contributed by atoms with Crippen LogP contribution in [0.1, 0.15) is 31.1 Å². The van der Waals surface area contributed by atoms with Crippen LogP contribution in [0, 0.1) is 12.7 Å². The van der Waals surface area contributed by atoms with Crippen LogP contribution in [0.4, 0.5) is 9.18 Å². The van der Waals surface area contributed by atoms with Crippen LogP contribution in [0.25, 0.3) is 11.0 Å². The Morgan fingerprint density at radius 3 is 2.76 bits per heavy atom. The normalized spacial score (nSPS) is 15.2. The van der Waals surface area contributed by atoms with Gasteiger partial charge in [-0.05, 0) is 44.9 Å². The van der Waals surface area contributed by atoms with Crippen LogP contribution < -0.4 is 10.6 Å². The number of carbonyl (C=O) groups is 1. The second kappa shape index (κ2) is 10.7. The maximum atomic E-state index is 13.5. The summed E-state index contributed by atoms with van der Waals surface area (Å²) in [5.74, 6) is 1.14. The number of nitrogens with zero attached hydrogens (tertiary/aromatic N) is 2. The SMILES string of the molecule is CCOC(=O)N1CCC(NC(=NC)NCc2oc3ccc(F)cc3c2C)CC1.I. The highest BCUT2D eigenvalue weighted by Crippen LogP contribution is 2.25. The highest BCUT2D eigenvalue weighted by Gasteiger charge is 2.24. The van der Waals surface area contributed by atoms with Gasteiger partial charge in [0, 0.05) is 37.1 Å². The van der Waals surface area contributed by atoms with Gasteiger partial charge in [-0.1, -0.05) is 0 Å². The van der Waals surface area contributed by atoms with Crippen molar-refractivity contribution >= 4 is 47.0 Å². The maximum absolute atomic E-state index is 13.5. The van der Waals surface area contributed by atoms with Crippen molar-refractivity contribution in [3.8, 4) is 0 Å². The second-order valence-electron chi connectivity index (χ2n) is 6.82. The summed E-state index contributed by atoms with van der Waals surface area (Å²) in [6.45, 7) is 5.88. The van der Waals surface area contributed by atoms with Gasteiger partial charge >= 0.3 is 6.09 Å². The Bertz CT molecular complexity index is 863. The minimum absolute atomic E-state index is 0. The van der Waals surface area contributed by atoms with Crippen LogP contribution in [0.5, 0.6) is 0 Å². The third-order valence-electron chi connectivity index (χ3n) is 5.00. The number of rotatable bonds is 4. The molecule has 0 spiro atoms. The summed E-state index contributed by atoms with van der Waals surface area (Å²) in [5, 5.41) is 7.42. The molecule has 29 heavy (non-hydrogen) atoms. The fourth-order valence-electron chi connectivity index (χ4n) is 3.39. The van der Waals surface area contributed by atoms with E-state index < -0.39 is 0 Å². The van der Waals surface area contributed by atoms with Crippen molar-refractivity contribution in [2.45, 2.75) is 39.3 Å². The number of furan rings is 1. The van der Waals surface area contributed by atoms with Gasteiger partial charge < -0.3 is 24.7 Å². The van der Waals surface area contributed by atoms with Gasteiger partial charge in [0.25, 0.3) is 0 Å². The van der Waals surface area contributed by atoms with Gasteiger partial charge in [0.2, 0.25) is 0 Å². The number of guanidine groups is 1. The summed E-state index contributed by atoms with van der Waals surface area (Å²) in [4.78, 5) is 17.8. The number of ether oxygens (including phenoxy) is 1. The Hall–Kier alpha value is -2.04. The van der Waals surface area contributed by atoms with E-state index in [9.17, 15) is 9.18 Å². The highest BCUT2D eigenvalue weighted by molar-refractivity contribution is 14.0. The van der Waals surface area contributed by atoms with Gasteiger partial charge in [-0.25, -0.2) is 9.18 Å². The molecule has 2 aromatic rings. The first-order chi connectivity index (χ1) is 13.5. The second-order valence-corrected chi connectivity index (χ2v) is 6.82. The van der Waals surface area contributed by atoms with Crippen LogP contribution in [-0.4, -0.2) is 49.7 Å². The summed E-state index contributed by atoms with van der Waals surface area (Å²) in [5.41, 5.74) is 1.59. The van der Waals surface area contributed by atoms with Gasteiger partial charge in [0.05, 0.1) is 13.2 Å². The van der Waals surface area contributed by atoms with E-state index in [1.165, 1.54) is 12.1 Å². The Labute approximate surface area is 187 Å². The molecule has 1 aliphatic heterocycles. The number of halogens is 2. The first-order valence-electron chi connectivity index (χ1n) is 9.58. The van der Waals surface area contributed by atoms with Crippen molar-refractivity contribution in [1.82, 2.24) is 15.5 Å². The van der Waals surface area contributed by atoms with E-state index in [-0.39, 0.29) is 41.9 Å². The quantitative estimate of drug-likeness (QED) is 0.366. The van der Waals surface area contributed by atoms with E-state index in [2.05, 4.69) is 15.6 Å². The van der Waals surface area contributed by atoms with E-state index >= 15 is 0 Å². The third kappa shape index (κ3) is 5.74. The smallest absolute Gasteiger partial charge is 0.409 e. The molecule has 0 radical (unpaired) electrons. The number of benzene rings is 1. The molecule has 7 nitrogen and oxygen atoms in total. The van der Waals surface area contributed by atoms with Gasteiger partial charge in [0.1, 0.15) is 17.2 Å². The predicted octanol–water partition coefficient (Wildman–Crippen LogP) is 3.78. The molecule has 160 valence electrons. The van der Waals surface area contributed by atoms with Crippen LogP contribution in [0.3, 0.4) is 0 Å². The molecule has 0 atom stereocenters. The standard InChI is InChI=1S/C20H27FN4O3.HI/c1-4-27-20(26)25-9-7-15(8-10-25)24-19(22-3)23-12-18-13(2)16-11-14(21)5-6-17(16)28-18;/h5-6,11,15H,4,7-10,12H2,1-3H3,(H2,22,23,24);1H. The lowest BCUT2D eigenvalue weighted by Crippen LogP contribution is -2.49. The van der Waals surface area contributed by atoms with E-state index in [0.29, 0.717) is 37.8 Å². The summed E-state index contributed by atoms with van der Waals surface area (Å²) < 4.78 is 24.3. The molecule has 3 rings (SSSR count). The predicted molar refractivity (Wildman–Crippen MR) is 121 cm³/mol. The molecule has 1 aromatic heterocycles. The first-order valence-corrected chi connectivity index (χ1v) is 9.58. The number of fused-ring (bicyclic) bond motifs is 1. The average molecular weight is 518 g/mol. The van der Waals surface area contributed by atoms with E-state index in [1.807, 2.05) is 13.8 Å². The zero-order valence-corrected chi connectivity index (χ0v) is 19.3. The van der Waals surface area contributed by atoms with Gasteiger partial charge in [-0.15, -0.1) is 24.0 Å². The minimum atomic E-state index is -0.275. The summed E-state index contributed by atoms with van der Waals surface area (Å²) in [6, 6.07) is 4.75. The fraction of sp³-hybridized carbons (Fsp3) is 0.500. The molecule has 2 heterocycles. The number of hydrogen-bond donors (Lipinski definition) is 2. The summed E-state index contributed by atoms with van der Waals surface area (Å²) >= 11 is 0. The fourth-order valence-corrected chi connectivity index (χ4v) is 3.39. The minimum Gasteiger partial charge on any atom is -0.459 e. The summed E-state index contributed by atoms with van der Waals surface area (Å²) in [7, 11) is 1.71. The molecule has 1 saturated heterocycles. The molecule has 1 aromatic carbocycles. The van der Waals surface area contributed by atoms with Crippen molar-refractivity contribution in [3.05, 3.63) is 35.3 Å². The topological polar surface area (TPSA) is 79.1 Å². The van der Waals surface area contributed by atoms with Crippen LogP contribution in [-0.2, 0) is 11.3 Å². The molecular weight excluding hydrogens is 490 g/mol. The molecule has 0 saturated carbocycles. The summed E-state index contributed by atoms with van der Waals surface area (Å²) in [6.07, 6.45) is 1.39. The number of carbonyl (C=O) groups excluding carboxylic acids is 1. The Morgan fingerprint density at radius 2 is 2.10 bits per heavy atom.